The number of ketones is 1. The Kier molecular flexibility index (Phi) is 4.44. The number of nitrogens with one attached hydrogen (secondary N) is 1. The number of aromatic nitrogens is 1. The standard InChI is InChI=1S/C21H20N2O3S/c1-14(24)15-7-6-8-16(13-15)27(25,26)23-21-17-9-2-4-11-19(17)22-20-12-5-3-10-18(20)21/h2,4,6-9,11,13H,3,5,10,12H2,1H3,(H,22,23). The molecule has 6 heteroatoms. The van der Waals surface area contributed by atoms with Crippen molar-refractivity contribution >= 4 is 32.4 Å². The fourth-order valence-corrected chi connectivity index (χ4v) is 4.72. The van der Waals surface area contributed by atoms with Gasteiger partial charge in [0.1, 0.15) is 0 Å². The molecule has 0 atom stereocenters. The first-order chi connectivity index (χ1) is 13.0. The van der Waals surface area contributed by atoms with Gasteiger partial charge in [-0.25, -0.2) is 8.42 Å². The minimum Gasteiger partial charge on any atom is -0.295 e. The minimum atomic E-state index is -3.82. The average Bonchev–Trinajstić information content (AvgIpc) is 2.68. The molecule has 0 fully saturated rings. The number of benzene rings is 2. The van der Waals surface area contributed by atoms with Crippen molar-refractivity contribution in [3.63, 3.8) is 0 Å². The second-order valence-corrected chi connectivity index (χ2v) is 8.51. The Morgan fingerprint density at radius 2 is 1.81 bits per heavy atom. The molecule has 1 aromatic heterocycles. The third-order valence-electron chi connectivity index (χ3n) is 4.96. The van der Waals surface area contributed by atoms with Crippen LogP contribution in [0.1, 0.15) is 41.4 Å². The summed E-state index contributed by atoms with van der Waals surface area (Å²) < 4.78 is 28.9. The number of anilines is 1. The predicted octanol–water partition coefficient (Wildman–Crippen LogP) is 4.12. The van der Waals surface area contributed by atoms with Gasteiger partial charge >= 0.3 is 0 Å². The zero-order valence-electron chi connectivity index (χ0n) is 15.0. The van der Waals surface area contributed by atoms with Gasteiger partial charge in [-0.05, 0) is 56.4 Å². The molecule has 2 aromatic carbocycles. The summed E-state index contributed by atoms with van der Waals surface area (Å²) in [5, 5.41) is 0.796. The summed E-state index contributed by atoms with van der Waals surface area (Å²) in [6, 6.07) is 13.7. The van der Waals surface area contributed by atoms with Crippen LogP contribution in [0.2, 0.25) is 0 Å². The second kappa shape index (κ2) is 6.78. The molecule has 5 nitrogen and oxygen atoms in total. The van der Waals surface area contributed by atoms with E-state index in [0.717, 1.165) is 47.8 Å². The van der Waals surface area contributed by atoms with E-state index in [1.807, 2.05) is 24.3 Å². The van der Waals surface area contributed by atoms with Crippen molar-refractivity contribution in [2.24, 2.45) is 0 Å². The maximum absolute atomic E-state index is 13.1. The number of Topliss-reactive ketones (excluding diaryl/α,β-unsaturated/α-hetero) is 1. The number of para-hydroxylation sites is 1. The quantitative estimate of drug-likeness (QED) is 0.691. The van der Waals surface area contributed by atoms with E-state index in [9.17, 15) is 13.2 Å². The fourth-order valence-electron chi connectivity index (χ4n) is 3.56. The van der Waals surface area contributed by atoms with Crippen LogP contribution in [0, 0.1) is 0 Å². The molecule has 0 spiro atoms. The molecule has 0 bridgehead atoms. The Balaban J connectivity index is 1.85. The molecule has 138 valence electrons. The van der Waals surface area contributed by atoms with Crippen LogP contribution in [0.5, 0.6) is 0 Å². The van der Waals surface area contributed by atoms with E-state index >= 15 is 0 Å². The van der Waals surface area contributed by atoms with Crippen molar-refractivity contribution in [2.45, 2.75) is 37.5 Å². The molecule has 1 aliphatic carbocycles. The number of hydrogen-bond acceptors (Lipinski definition) is 4. The number of carbonyl (C=O) groups excluding carboxylic acids is 1. The number of fused-ring (bicyclic) bond motifs is 2. The van der Waals surface area contributed by atoms with Gasteiger partial charge in [-0.15, -0.1) is 0 Å². The van der Waals surface area contributed by atoms with Crippen molar-refractivity contribution < 1.29 is 13.2 Å². The Morgan fingerprint density at radius 3 is 2.63 bits per heavy atom. The summed E-state index contributed by atoms with van der Waals surface area (Å²) in [5.74, 6) is -0.168. The minimum absolute atomic E-state index is 0.0839. The first-order valence-electron chi connectivity index (χ1n) is 9.00. The number of nitrogens with zero attached hydrogens (tertiary/aromatic N) is 1. The lowest BCUT2D eigenvalue weighted by atomic mass is 9.93. The van der Waals surface area contributed by atoms with E-state index in [-0.39, 0.29) is 10.7 Å². The first-order valence-corrected chi connectivity index (χ1v) is 10.5. The molecule has 3 aromatic rings. The summed E-state index contributed by atoms with van der Waals surface area (Å²) in [7, 11) is -3.82. The highest BCUT2D eigenvalue weighted by molar-refractivity contribution is 7.92. The highest BCUT2D eigenvalue weighted by Gasteiger charge is 2.23. The van der Waals surface area contributed by atoms with Crippen molar-refractivity contribution in [1.29, 1.82) is 0 Å². The molecular weight excluding hydrogens is 360 g/mol. The van der Waals surface area contributed by atoms with Crippen LogP contribution in [0.4, 0.5) is 5.69 Å². The van der Waals surface area contributed by atoms with E-state index < -0.39 is 10.0 Å². The van der Waals surface area contributed by atoms with Gasteiger partial charge in [0.25, 0.3) is 10.0 Å². The number of aryl methyl sites for hydroxylation is 1. The molecule has 0 aliphatic heterocycles. The third kappa shape index (κ3) is 3.32. The van der Waals surface area contributed by atoms with Gasteiger partial charge in [0.05, 0.1) is 16.1 Å². The summed E-state index contributed by atoms with van der Waals surface area (Å²) in [4.78, 5) is 16.4. The lowest BCUT2D eigenvalue weighted by Crippen LogP contribution is -2.17. The molecule has 4 rings (SSSR count). The van der Waals surface area contributed by atoms with Crippen LogP contribution in [0.25, 0.3) is 10.9 Å². The van der Waals surface area contributed by atoms with E-state index in [4.69, 9.17) is 4.98 Å². The largest absolute Gasteiger partial charge is 0.295 e. The number of carbonyl (C=O) groups is 1. The van der Waals surface area contributed by atoms with Gasteiger partial charge in [0.2, 0.25) is 0 Å². The molecule has 1 heterocycles. The summed E-state index contributed by atoms with van der Waals surface area (Å²) in [6.07, 6.45) is 3.74. The van der Waals surface area contributed by atoms with Crippen molar-refractivity contribution in [2.75, 3.05) is 4.72 Å². The Morgan fingerprint density at radius 1 is 1.04 bits per heavy atom. The van der Waals surface area contributed by atoms with Crippen molar-refractivity contribution in [3.05, 3.63) is 65.4 Å². The van der Waals surface area contributed by atoms with Crippen LogP contribution in [-0.4, -0.2) is 19.2 Å². The van der Waals surface area contributed by atoms with Crippen LogP contribution in [0.3, 0.4) is 0 Å². The zero-order chi connectivity index (χ0) is 19.0. The molecule has 0 amide bonds. The molecular formula is C21H20N2O3S. The second-order valence-electron chi connectivity index (χ2n) is 6.83. The first kappa shape index (κ1) is 17.7. The molecule has 1 aliphatic rings. The third-order valence-corrected chi connectivity index (χ3v) is 6.30. The van der Waals surface area contributed by atoms with Gasteiger partial charge in [-0.2, -0.15) is 0 Å². The lowest BCUT2D eigenvalue weighted by Gasteiger charge is -2.21. The lowest BCUT2D eigenvalue weighted by molar-refractivity contribution is 0.101. The van der Waals surface area contributed by atoms with E-state index in [1.54, 1.807) is 12.1 Å². The highest BCUT2D eigenvalue weighted by Crippen LogP contribution is 2.34. The SMILES string of the molecule is CC(=O)c1cccc(S(=O)(=O)Nc2c3c(nc4ccccc24)CCCC3)c1. The van der Waals surface area contributed by atoms with Crippen LogP contribution < -0.4 is 4.72 Å². The zero-order valence-corrected chi connectivity index (χ0v) is 15.8. The number of hydrogen-bond donors (Lipinski definition) is 1. The number of sulfonamides is 1. The normalized spacial score (nSPS) is 14.0. The van der Waals surface area contributed by atoms with Crippen LogP contribution >= 0.6 is 0 Å². The number of pyridine rings is 1. The molecule has 0 unspecified atom stereocenters. The van der Waals surface area contributed by atoms with Gasteiger partial charge in [0.15, 0.2) is 5.78 Å². The average molecular weight is 380 g/mol. The maximum atomic E-state index is 13.1. The predicted molar refractivity (Wildman–Crippen MR) is 106 cm³/mol. The van der Waals surface area contributed by atoms with Crippen LogP contribution in [-0.2, 0) is 22.9 Å². The van der Waals surface area contributed by atoms with E-state index in [0.29, 0.717) is 11.3 Å². The van der Waals surface area contributed by atoms with Crippen LogP contribution in [0.15, 0.2) is 53.4 Å². The van der Waals surface area contributed by atoms with E-state index in [1.165, 1.54) is 19.1 Å². The Hall–Kier alpha value is -2.73. The van der Waals surface area contributed by atoms with Gasteiger partial charge < -0.3 is 0 Å². The molecule has 0 radical (unpaired) electrons. The molecule has 27 heavy (non-hydrogen) atoms. The Labute approximate surface area is 158 Å². The summed E-state index contributed by atoms with van der Waals surface area (Å²) in [5.41, 5.74) is 3.72. The highest BCUT2D eigenvalue weighted by atomic mass is 32.2. The molecule has 0 saturated heterocycles. The van der Waals surface area contributed by atoms with Gasteiger partial charge in [0, 0.05) is 16.6 Å². The molecule has 1 N–H and O–H groups in total. The smallest absolute Gasteiger partial charge is 0.261 e. The van der Waals surface area contributed by atoms with Gasteiger partial charge in [-0.3, -0.25) is 14.5 Å². The monoisotopic (exact) mass is 380 g/mol. The number of rotatable bonds is 4. The van der Waals surface area contributed by atoms with Gasteiger partial charge in [-0.1, -0.05) is 30.3 Å². The Bertz CT molecular complexity index is 1150. The maximum Gasteiger partial charge on any atom is 0.261 e. The van der Waals surface area contributed by atoms with E-state index in [2.05, 4.69) is 4.72 Å². The van der Waals surface area contributed by atoms with Crippen molar-refractivity contribution in [3.8, 4) is 0 Å². The fraction of sp³-hybridized carbons (Fsp3) is 0.238. The topological polar surface area (TPSA) is 76.1 Å². The van der Waals surface area contributed by atoms with Crippen molar-refractivity contribution in [1.82, 2.24) is 4.98 Å². The summed E-state index contributed by atoms with van der Waals surface area (Å²) >= 11 is 0. The molecule has 0 saturated carbocycles. The summed E-state index contributed by atoms with van der Waals surface area (Å²) in [6.45, 7) is 1.42.